The molecular weight excluding hydrogens is 468 g/mol. The Labute approximate surface area is 209 Å². The van der Waals surface area contributed by atoms with Crippen LogP contribution >= 0.6 is 0 Å². The molecule has 1 amide bonds. The Balaban J connectivity index is 1.60. The van der Waals surface area contributed by atoms with Crippen molar-refractivity contribution < 1.29 is 24.2 Å². The van der Waals surface area contributed by atoms with E-state index in [2.05, 4.69) is 15.7 Å². The number of nitro groups is 1. The summed E-state index contributed by atoms with van der Waals surface area (Å²) < 4.78 is 5.50. The van der Waals surface area contributed by atoms with Crippen LogP contribution in [0.25, 0.3) is 0 Å². The summed E-state index contributed by atoms with van der Waals surface area (Å²) in [5.41, 5.74) is 6.26. The van der Waals surface area contributed by atoms with Crippen molar-refractivity contribution in [3.63, 3.8) is 0 Å². The van der Waals surface area contributed by atoms with Crippen molar-refractivity contribution in [2.24, 2.45) is 16.8 Å². The molecule has 12 heteroatoms. The SMILES string of the molecule is NC(=N[N+](=O)[O-])NCCCC(CC(=O)C1CCCN1C(=O)C1CCCN1)C(=O)OCc1ccccc1. The molecule has 2 aliphatic rings. The number of esters is 1. The molecule has 0 bridgehead atoms. The van der Waals surface area contributed by atoms with Crippen LogP contribution in [0.4, 0.5) is 0 Å². The monoisotopic (exact) mass is 502 g/mol. The number of benzene rings is 1. The summed E-state index contributed by atoms with van der Waals surface area (Å²) in [5.74, 6) is -1.73. The predicted molar refractivity (Wildman–Crippen MR) is 131 cm³/mol. The fourth-order valence-electron chi connectivity index (χ4n) is 4.68. The summed E-state index contributed by atoms with van der Waals surface area (Å²) in [6, 6.07) is 8.45. The number of hydrogen-bond acceptors (Lipinski definition) is 7. The van der Waals surface area contributed by atoms with E-state index < -0.39 is 23.0 Å². The van der Waals surface area contributed by atoms with Crippen molar-refractivity contribution in [2.45, 2.75) is 63.6 Å². The summed E-state index contributed by atoms with van der Waals surface area (Å²) in [6.45, 7) is 1.66. The van der Waals surface area contributed by atoms with Gasteiger partial charge in [0.25, 0.3) is 5.96 Å². The number of hydrazone groups is 1. The molecule has 2 aliphatic heterocycles. The highest BCUT2D eigenvalue weighted by Gasteiger charge is 2.39. The van der Waals surface area contributed by atoms with Gasteiger partial charge in [-0.05, 0) is 50.6 Å². The van der Waals surface area contributed by atoms with Gasteiger partial charge in [-0.25, -0.2) is 10.1 Å². The molecule has 0 aliphatic carbocycles. The summed E-state index contributed by atoms with van der Waals surface area (Å²) >= 11 is 0. The van der Waals surface area contributed by atoms with Crippen molar-refractivity contribution >= 4 is 23.6 Å². The topological polar surface area (TPSA) is 169 Å². The Morgan fingerprint density at radius 2 is 2.03 bits per heavy atom. The van der Waals surface area contributed by atoms with Crippen LogP contribution in [0.15, 0.2) is 35.4 Å². The van der Waals surface area contributed by atoms with Crippen molar-refractivity contribution in [2.75, 3.05) is 19.6 Å². The van der Waals surface area contributed by atoms with Crippen molar-refractivity contribution in [3.8, 4) is 0 Å². The quantitative estimate of drug-likeness (QED) is 0.0939. The lowest BCUT2D eigenvalue weighted by molar-refractivity contribution is -0.485. The molecule has 0 aromatic heterocycles. The second-order valence-corrected chi connectivity index (χ2v) is 9.09. The van der Waals surface area contributed by atoms with Crippen LogP contribution in [-0.4, -0.2) is 65.3 Å². The van der Waals surface area contributed by atoms with Crippen LogP contribution < -0.4 is 16.4 Å². The fraction of sp³-hybridized carbons (Fsp3) is 0.583. The van der Waals surface area contributed by atoms with Crippen LogP contribution in [0.1, 0.15) is 50.5 Å². The summed E-state index contributed by atoms with van der Waals surface area (Å²) in [7, 11) is 0. The zero-order valence-corrected chi connectivity index (χ0v) is 20.3. The molecule has 1 aromatic carbocycles. The maximum absolute atomic E-state index is 13.3. The van der Waals surface area contributed by atoms with Crippen LogP contribution in [0.5, 0.6) is 0 Å². The Bertz CT molecular complexity index is 950. The third-order valence-corrected chi connectivity index (χ3v) is 6.50. The first-order chi connectivity index (χ1) is 17.3. The van der Waals surface area contributed by atoms with E-state index in [1.807, 2.05) is 30.3 Å². The number of ketones is 1. The number of guanidine groups is 1. The first-order valence-electron chi connectivity index (χ1n) is 12.3. The third kappa shape index (κ3) is 8.01. The Kier molecular flexibility index (Phi) is 10.2. The number of nitrogens with zero attached hydrogens (tertiary/aromatic N) is 3. The van der Waals surface area contributed by atoms with E-state index in [9.17, 15) is 24.5 Å². The predicted octanol–water partition coefficient (Wildman–Crippen LogP) is 0.924. The first-order valence-corrected chi connectivity index (χ1v) is 12.3. The maximum Gasteiger partial charge on any atom is 0.309 e. The Morgan fingerprint density at radius 3 is 2.72 bits per heavy atom. The van der Waals surface area contributed by atoms with E-state index in [-0.39, 0.29) is 43.3 Å². The van der Waals surface area contributed by atoms with Crippen LogP contribution in [0.3, 0.4) is 0 Å². The number of nitrogens with two attached hydrogens (primary N) is 1. The summed E-state index contributed by atoms with van der Waals surface area (Å²) in [5, 5.41) is 18.3. The van der Waals surface area contributed by atoms with E-state index in [1.165, 1.54) is 0 Å². The van der Waals surface area contributed by atoms with Gasteiger partial charge >= 0.3 is 5.97 Å². The van der Waals surface area contributed by atoms with Gasteiger partial charge in [-0.1, -0.05) is 30.3 Å². The normalized spacial score (nSPS) is 20.7. The largest absolute Gasteiger partial charge is 0.461 e. The molecule has 3 unspecified atom stereocenters. The van der Waals surface area contributed by atoms with Crippen LogP contribution in [0.2, 0.25) is 0 Å². The zero-order chi connectivity index (χ0) is 25.9. The number of hydrogen-bond donors (Lipinski definition) is 3. The van der Waals surface area contributed by atoms with Crippen molar-refractivity contribution in [3.05, 3.63) is 46.0 Å². The number of rotatable bonds is 12. The summed E-state index contributed by atoms with van der Waals surface area (Å²) in [6.07, 6.45) is 3.70. The van der Waals surface area contributed by atoms with E-state index in [0.717, 1.165) is 31.4 Å². The zero-order valence-electron chi connectivity index (χ0n) is 20.3. The molecule has 0 spiro atoms. The number of carbonyl (C=O) groups excluding carboxylic acids is 3. The second kappa shape index (κ2) is 13.5. The number of Topliss-reactive ketones (excluding diaryl/α,β-unsaturated/α-hetero) is 1. The van der Waals surface area contributed by atoms with Crippen molar-refractivity contribution in [1.82, 2.24) is 15.5 Å². The molecule has 0 radical (unpaired) electrons. The van der Waals surface area contributed by atoms with Crippen molar-refractivity contribution in [1.29, 1.82) is 0 Å². The van der Waals surface area contributed by atoms with Crippen LogP contribution in [-0.2, 0) is 25.7 Å². The molecule has 12 nitrogen and oxygen atoms in total. The third-order valence-electron chi connectivity index (χ3n) is 6.50. The number of nitrogens with one attached hydrogen (secondary N) is 2. The van der Waals surface area contributed by atoms with Gasteiger partial charge in [0.1, 0.15) is 11.7 Å². The molecule has 3 rings (SSSR count). The minimum atomic E-state index is -0.902. The number of likely N-dealkylation sites (tertiary alicyclic amines) is 1. The Hall–Kier alpha value is -3.54. The number of ether oxygens (including phenoxy) is 1. The second-order valence-electron chi connectivity index (χ2n) is 9.09. The molecule has 4 N–H and O–H groups in total. The molecule has 0 saturated carbocycles. The van der Waals surface area contributed by atoms with Gasteiger partial charge in [0.15, 0.2) is 10.8 Å². The van der Waals surface area contributed by atoms with Gasteiger partial charge in [0, 0.05) is 19.5 Å². The smallest absolute Gasteiger partial charge is 0.309 e. The number of amides is 1. The number of carbonyl (C=O) groups is 3. The lowest BCUT2D eigenvalue weighted by atomic mass is 9.93. The van der Waals surface area contributed by atoms with Gasteiger partial charge < -0.3 is 26.0 Å². The lowest BCUT2D eigenvalue weighted by Crippen LogP contribution is -2.48. The highest BCUT2D eigenvalue weighted by atomic mass is 16.7. The molecular formula is C24H34N6O6. The fourth-order valence-corrected chi connectivity index (χ4v) is 4.68. The minimum absolute atomic E-state index is 0.0430. The average molecular weight is 503 g/mol. The average Bonchev–Trinajstić information content (AvgIpc) is 3.57. The molecule has 1 aromatic rings. The maximum atomic E-state index is 13.3. The van der Waals surface area contributed by atoms with E-state index in [4.69, 9.17) is 10.5 Å². The summed E-state index contributed by atoms with van der Waals surface area (Å²) in [4.78, 5) is 51.2. The molecule has 2 fully saturated rings. The van der Waals surface area contributed by atoms with Gasteiger partial charge in [0.2, 0.25) is 5.91 Å². The highest BCUT2D eigenvalue weighted by molar-refractivity contribution is 5.93. The first kappa shape index (κ1) is 27.1. The molecule has 196 valence electrons. The minimum Gasteiger partial charge on any atom is -0.461 e. The highest BCUT2D eigenvalue weighted by Crippen LogP contribution is 2.25. The molecule has 36 heavy (non-hydrogen) atoms. The molecule has 3 atom stereocenters. The standard InChI is InChI=1S/C24H34N6O6/c25-24(28-30(34)35)27-13-4-9-18(23(33)36-16-17-7-2-1-3-8-17)15-21(31)20-11-6-14-29(20)22(32)19-10-5-12-26-19/h1-3,7-8,18-20,26H,4-6,9-16H2,(H3,25,27,28). The van der Waals surface area contributed by atoms with Crippen LogP contribution in [0, 0.1) is 16.0 Å². The van der Waals surface area contributed by atoms with E-state index >= 15 is 0 Å². The lowest BCUT2D eigenvalue weighted by Gasteiger charge is -2.27. The van der Waals surface area contributed by atoms with E-state index in [1.54, 1.807) is 4.90 Å². The van der Waals surface area contributed by atoms with Gasteiger partial charge in [-0.2, -0.15) is 0 Å². The van der Waals surface area contributed by atoms with Gasteiger partial charge in [0.05, 0.1) is 18.0 Å². The van der Waals surface area contributed by atoms with E-state index in [0.29, 0.717) is 25.8 Å². The molecule has 2 saturated heterocycles. The van der Waals surface area contributed by atoms with Gasteiger partial charge in [-0.3, -0.25) is 14.4 Å². The molecule has 2 heterocycles. The Morgan fingerprint density at radius 1 is 1.25 bits per heavy atom. The van der Waals surface area contributed by atoms with Gasteiger partial charge in [-0.15, -0.1) is 0 Å².